The molecule has 1 heterocycles. The van der Waals surface area contributed by atoms with E-state index < -0.39 is 7.12 Å². The molecule has 0 amide bonds. The van der Waals surface area contributed by atoms with Gasteiger partial charge in [0.25, 0.3) is 0 Å². The highest BCUT2D eigenvalue weighted by molar-refractivity contribution is 9.11. The van der Waals surface area contributed by atoms with Crippen molar-refractivity contribution < 1.29 is 10.0 Å². The van der Waals surface area contributed by atoms with Crippen molar-refractivity contribution >= 4 is 44.4 Å². The van der Waals surface area contributed by atoms with Gasteiger partial charge in [0.15, 0.2) is 0 Å². The highest BCUT2D eigenvalue weighted by Crippen LogP contribution is 2.51. The van der Waals surface area contributed by atoms with Crippen molar-refractivity contribution in [3.8, 4) is 0 Å². The zero-order valence-corrected chi connectivity index (χ0v) is 16.6. The molecule has 0 aliphatic heterocycles. The number of fused-ring (bicyclic) bond motifs is 1. The first-order chi connectivity index (χ1) is 11.5. The van der Waals surface area contributed by atoms with Crippen LogP contribution >= 0.6 is 31.9 Å². The molecular weight excluding hydrogens is 433 g/mol. The lowest BCUT2D eigenvalue weighted by molar-refractivity contribution is 0.317. The molecule has 2 N–H and O–H groups in total. The van der Waals surface area contributed by atoms with Crippen molar-refractivity contribution in [2.24, 2.45) is 5.41 Å². The van der Waals surface area contributed by atoms with Gasteiger partial charge in [0, 0.05) is 10.7 Å². The Labute approximate surface area is 159 Å². The molecule has 1 fully saturated rings. The van der Waals surface area contributed by atoms with Gasteiger partial charge in [-0.15, -0.1) is 0 Å². The first-order valence-electron chi connectivity index (χ1n) is 8.24. The zero-order valence-electron chi connectivity index (χ0n) is 13.4. The second-order valence-corrected chi connectivity index (χ2v) is 8.30. The maximum Gasteiger partial charge on any atom is 0.488 e. The number of halogens is 2. The van der Waals surface area contributed by atoms with E-state index in [0.29, 0.717) is 10.9 Å². The summed E-state index contributed by atoms with van der Waals surface area (Å²) >= 11 is 7.21. The monoisotopic (exact) mass is 451 g/mol. The maximum absolute atomic E-state index is 8.58. The fourth-order valence-corrected chi connectivity index (χ4v) is 4.79. The standard InChI is InChI=1S/C12H13Br2N.C6H7BO2/c13-10-7-15-11(14)9-6-12(5-8(9)10)3-1-2-4-12;8-7(9)6-4-2-1-3-5-6/h7H,1-6H2;1-5,8-9H. The molecule has 4 rings (SSSR count). The molecule has 1 spiro atoms. The highest BCUT2D eigenvalue weighted by Gasteiger charge is 2.41. The molecule has 2 aliphatic rings. The van der Waals surface area contributed by atoms with Crippen LogP contribution in [0.15, 0.2) is 45.6 Å². The Balaban J connectivity index is 0.000000162. The quantitative estimate of drug-likeness (QED) is 0.513. The summed E-state index contributed by atoms with van der Waals surface area (Å²) < 4.78 is 2.26. The molecule has 0 atom stereocenters. The zero-order chi connectivity index (χ0) is 17.2. The topological polar surface area (TPSA) is 53.4 Å². The van der Waals surface area contributed by atoms with Gasteiger partial charge in [-0.2, -0.15) is 0 Å². The molecule has 1 aromatic heterocycles. The third kappa shape index (κ3) is 3.93. The molecule has 2 aromatic rings. The van der Waals surface area contributed by atoms with Gasteiger partial charge in [-0.25, -0.2) is 4.98 Å². The fourth-order valence-electron chi connectivity index (χ4n) is 3.82. The van der Waals surface area contributed by atoms with Crippen molar-refractivity contribution in [2.75, 3.05) is 0 Å². The second-order valence-electron chi connectivity index (χ2n) is 6.70. The van der Waals surface area contributed by atoms with E-state index in [1.807, 2.05) is 12.3 Å². The van der Waals surface area contributed by atoms with Gasteiger partial charge >= 0.3 is 7.12 Å². The minimum atomic E-state index is -1.34. The minimum Gasteiger partial charge on any atom is -0.423 e. The van der Waals surface area contributed by atoms with Crippen molar-refractivity contribution in [1.82, 2.24) is 4.98 Å². The van der Waals surface area contributed by atoms with Crippen LogP contribution in [0.25, 0.3) is 0 Å². The van der Waals surface area contributed by atoms with E-state index in [1.165, 1.54) is 54.1 Å². The summed E-state index contributed by atoms with van der Waals surface area (Å²) in [7, 11) is -1.34. The average Bonchev–Trinajstić information content (AvgIpc) is 3.21. The van der Waals surface area contributed by atoms with E-state index in [4.69, 9.17) is 10.0 Å². The van der Waals surface area contributed by atoms with Crippen LogP contribution in [0, 0.1) is 5.41 Å². The molecular formula is C18H20BBr2NO2. The predicted octanol–water partition coefficient (Wildman–Crippen LogP) is 3.63. The molecule has 0 radical (unpaired) electrons. The Morgan fingerprint density at radius 2 is 1.58 bits per heavy atom. The summed E-state index contributed by atoms with van der Waals surface area (Å²) in [6.07, 6.45) is 10.0. The van der Waals surface area contributed by atoms with Crippen LogP contribution in [-0.2, 0) is 12.8 Å². The normalized spacial score (nSPS) is 17.3. The largest absolute Gasteiger partial charge is 0.488 e. The smallest absolute Gasteiger partial charge is 0.423 e. The van der Waals surface area contributed by atoms with Crippen LogP contribution in [0.2, 0.25) is 0 Å². The van der Waals surface area contributed by atoms with Gasteiger partial charge < -0.3 is 10.0 Å². The Bertz CT molecular complexity index is 671. The molecule has 24 heavy (non-hydrogen) atoms. The maximum atomic E-state index is 8.58. The summed E-state index contributed by atoms with van der Waals surface area (Å²) in [5.41, 5.74) is 4.05. The van der Waals surface area contributed by atoms with Gasteiger partial charge in [-0.1, -0.05) is 43.2 Å². The summed E-state index contributed by atoms with van der Waals surface area (Å²) in [6.45, 7) is 0. The molecule has 1 aromatic carbocycles. The molecule has 3 nitrogen and oxygen atoms in total. The van der Waals surface area contributed by atoms with E-state index in [-0.39, 0.29) is 0 Å². The van der Waals surface area contributed by atoms with Gasteiger partial charge in [-0.05, 0) is 79.5 Å². The Morgan fingerprint density at radius 1 is 0.958 bits per heavy atom. The molecule has 0 bridgehead atoms. The van der Waals surface area contributed by atoms with Crippen molar-refractivity contribution in [3.05, 3.63) is 56.7 Å². The van der Waals surface area contributed by atoms with E-state index in [9.17, 15) is 0 Å². The molecule has 2 aliphatic carbocycles. The number of benzene rings is 1. The Hall–Kier alpha value is -0.685. The Morgan fingerprint density at radius 3 is 2.12 bits per heavy atom. The lowest BCUT2D eigenvalue weighted by Crippen LogP contribution is -2.29. The molecule has 1 saturated carbocycles. The van der Waals surface area contributed by atoms with Crippen molar-refractivity contribution in [1.29, 1.82) is 0 Å². The fraction of sp³-hybridized carbons (Fsp3) is 0.389. The molecule has 0 unspecified atom stereocenters. The highest BCUT2D eigenvalue weighted by atomic mass is 79.9. The number of pyridine rings is 1. The molecule has 126 valence electrons. The van der Waals surface area contributed by atoms with Crippen molar-refractivity contribution in [3.63, 3.8) is 0 Å². The number of hydrogen-bond donors (Lipinski definition) is 2. The number of aromatic nitrogens is 1. The Kier molecular flexibility index (Phi) is 5.80. The predicted molar refractivity (Wildman–Crippen MR) is 104 cm³/mol. The van der Waals surface area contributed by atoms with Gasteiger partial charge in [0.05, 0.1) is 0 Å². The lowest BCUT2D eigenvalue weighted by atomic mass is 9.81. The van der Waals surface area contributed by atoms with E-state index in [1.54, 1.807) is 24.3 Å². The van der Waals surface area contributed by atoms with Crippen LogP contribution in [0.5, 0.6) is 0 Å². The summed E-state index contributed by atoms with van der Waals surface area (Å²) in [5, 5.41) is 17.2. The molecule has 6 heteroatoms. The summed E-state index contributed by atoms with van der Waals surface area (Å²) in [4.78, 5) is 4.37. The van der Waals surface area contributed by atoms with Crippen LogP contribution in [0.1, 0.15) is 36.8 Å². The SMILES string of the molecule is Brc1cnc(Br)c2c1CC1(CCCC1)C2.OB(O)c1ccccc1. The first kappa shape index (κ1) is 18.1. The minimum absolute atomic E-state index is 0.525. The second kappa shape index (κ2) is 7.69. The van der Waals surface area contributed by atoms with Crippen LogP contribution in [0.4, 0.5) is 0 Å². The summed E-state index contributed by atoms with van der Waals surface area (Å²) in [5.74, 6) is 0. The number of rotatable bonds is 1. The van der Waals surface area contributed by atoms with Gasteiger partial charge in [0.1, 0.15) is 4.60 Å². The van der Waals surface area contributed by atoms with E-state index in [0.717, 1.165) is 4.60 Å². The third-order valence-corrected chi connectivity index (χ3v) is 6.43. The van der Waals surface area contributed by atoms with Crippen LogP contribution < -0.4 is 5.46 Å². The van der Waals surface area contributed by atoms with Crippen LogP contribution in [-0.4, -0.2) is 22.2 Å². The lowest BCUT2D eigenvalue weighted by Gasteiger charge is -2.21. The van der Waals surface area contributed by atoms with Gasteiger partial charge in [0.2, 0.25) is 0 Å². The van der Waals surface area contributed by atoms with Crippen LogP contribution in [0.3, 0.4) is 0 Å². The van der Waals surface area contributed by atoms with Gasteiger partial charge in [-0.3, -0.25) is 0 Å². The average molecular weight is 453 g/mol. The first-order valence-corrected chi connectivity index (χ1v) is 9.82. The number of hydrogen-bond acceptors (Lipinski definition) is 3. The molecule has 0 saturated heterocycles. The van der Waals surface area contributed by atoms with E-state index >= 15 is 0 Å². The van der Waals surface area contributed by atoms with Crippen molar-refractivity contribution in [2.45, 2.75) is 38.5 Å². The van der Waals surface area contributed by atoms with E-state index in [2.05, 4.69) is 36.8 Å². The number of nitrogens with zero attached hydrogens (tertiary/aromatic N) is 1. The summed E-state index contributed by atoms with van der Waals surface area (Å²) in [6, 6.07) is 8.66. The third-order valence-electron chi connectivity index (χ3n) is 5.06.